The number of hydrazone groups is 1. The van der Waals surface area contributed by atoms with Crippen LogP contribution in [0.2, 0.25) is 0 Å². The molecule has 0 atom stereocenters. The standard InChI is InChI=1S/C12H11F3N2O5/c13-12(14,15)22-8-3-1-2-7(6-8)16-17-9(11(20)21)4-5-10(18)19/h1-3,6,16H,4-5H2,(H,18,19)(H,20,21). The highest BCUT2D eigenvalue weighted by molar-refractivity contribution is 6.35. The van der Waals surface area contributed by atoms with Crippen molar-refractivity contribution >= 4 is 23.3 Å². The van der Waals surface area contributed by atoms with E-state index < -0.39 is 36.2 Å². The van der Waals surface area contributed by atoms with Gasteiger partial charge in [-0.1, -0.05) is 6.07 Å². The zero-order chi connectivity index (χ0) is 16.8. The van der Waals surface area contributed by atoms with Crippen LogP contribution in [-0.2, 0) is 9.59 Å². The van der Waals surface area contributed by atoms with E-state index in [1.54, 1.807) is 0 Å². The molecule has 0 amide bonds. The van der Waals surface area contributed by atoms with Crippen molar-refractivity contribution in [2.75, 3.05) is 5.43 Å². The Morgan fingerprint density at radius 2 is 1.91 bits per heavy atom. The Balaban J connectivity index is 2.79. The number of anilines is 1. The fraction of sp³-hybridized carbons (Fsp3) is 0.250. The van der Waals surface area contributed by atoms with Gasteiger partial charge in [0, 0.05) is 12.5 Å². The van der Waals surface area contributed by atoms with Gasteiger partial charge in [-0.05, 0) is 12.1 Å². The number of hydrogen-bond donors (Lipinski definition) is 3. The highest BCUT2D eigenvalue weighted by atomic mass is 19.4. The van der Waals surface area contributed by atoms with Crippen LogP contribution in [-0.4, -0.2) is 34.2 Å². The van der Waals surface area contributed by atoms with Crippen molar-refractivity contribution in [3.05, 3.63) is 24.3 Å². The molecule has 10 heteroatoms. The van der Waals surface area contributed by atoms with Crippen LogP contribution < -0.4 is 10.2 Å². The number of benzene rings is 1. The van der Waals surface area contributed by atoms with Gasteiger partial charge < -0.3 is 14.9 Å². The van der Waals surface area contributed by atoms with Gasteiger partial charge in [0.1, 0.15) is 11.5 Å². The summed E-state index contributed by atoms with van der Waals surface area (Å²) in [6.45, 7) is 0. The molecule has 0 aromatic heterocycles. The molecule has 0 aliphatic rings. The Labute approximate surface area is 122 Å². The Morgan fingerprint density at radius 1 is 1.23 bits per heavy atom. The number of hydrogen-bond acceptors (Lipinski definition) is 5. The van der Waals surface area contributed by atoms with Gasteiger partial charge in [0.2, 0.25) is 0 Å². The van der Waals surface area contributed by atoms with Crippen molar-refractivity contribution in [2.45, 2.75) is 19.2 Å². The van der Waals surface area contributed by atoms with Crippen LogP contribution in [0.1, 0.15) is 12.8 Å². The van der Waals surface area contributed by atoms with Crippen LogP contribution in [0.4, 0.5) is 18.9 Å². The molecule has 0 aliphatic heterocycles. The number of alkyl halides is 3. The van der Waals surface area contributed by atoms with E-state index in [2.05, 4.69) is 15.3 Å². The van der Waals surface area contributed by atoms with Crippen LogP contribution in [0.5, 0.6) is 5.75 Å². The molecule has 0 bridgehead atoms. The molecular weight excluding hydrogens is 309 g/mol. The highest BCUT2D eigenvalue weighted by Gasteiger charge is 2.31. The lowest BCUT2D eigenvalue weighted by Crippen LogP contribution is -2.17. The molecule has 3 N–H and O–H groups in total. The number of nitrogens with one attached hydrogen (secondary N) is 1. The number of carboxylic acid groups (broad SMARTS) is 2. The monoisotopic (exact) mass is 320 g/mol. The van der Waals surface area contributed by atoms with Gasteiger partial charge in [-0.25, -0.2) is 4.79 Å². The lowest BCUT2D eigenvalue weighted by atomic mass is 10.2. The quantitative estimate of drug-likeness (QED) is 0.525. The van der Waals surface area contributed by atoms with Crippen LogP contribution in [0.3, 0.4) is 0 Å². The van der Waals surface area contributed by atoms with Gasteiger partial charge in [0.15, 0.2) is 0 Å². The van der Waals surface area contributed by atoms with Crippen molar-refractivity contribution in [2.24, 2.45) is 5.10 Å². The Kier molecular flexibility index (Phi) is 5.72. The summed E-state index contributed by atoms with van der Waals surface area (Å²) in [7, 11) is 0. The lowest BCUT2D eigenvalue weighted by Gasteiger charge is -2.10. The van der Waals surface area contributed by atoms with E-state index in [9.17, 15) is 22.8 Å². The van der Waals surface area contributed by atoms with Gasteiger partial charge in [0.05, 0.1) is 12.1 Å². The Hall–Kier alpha value is -2.78. The van der Waals surface area contributed by atoms with Crippen molar-refractivity contribution in [3.63, 3.8) is 0 Å². The van der Waals surface area contributed by atoms with Gasteiger partial charge in [-0.2, -0.15) is 5.10 Å². The molecule has 0 heterocycles. The number of nitrogens with zero attached hydrogens (tertiary/aromatic N) is 1. The normalized spacial score (nSPS) is 11.9. The van der Waals surface area contributed by atoms with Crippen molar-refractivity contribution in [3.8, 4) is 5.75 Å². The second-order valence-electron chi connectivity index (χ2n) is 3.94. The molecule has 0 saturated heterocycles. The minimum absolute atomic E-state index is 0.0517. The summed E-state index contributed by atoms with van der Waals surface area (Å²) in [4.78, 5) is 21.2. The molecule has 120 valence electrons. The first-order valence-corrected chi connectivity index (χ1v) is 5.81. The minimum Gasteiger partial charge on any atom is -0.481 e. The largest absolute Gasteiger partial charge is 0.573 e. The highest BCUT2D eigenvalue weighted by Crippen LogP contribution is 2.25. The smallest absolute Gasteiger partial charge is 0.481 e. The van der Waals surface area contributed by atoms with E-state index in [1.165, 1.54) is 12.1 Å². The first kappa shape index (κ1) is 17.3. The fourth-order valence-corrected chi connectivity index (χ4v) is 1.33. The van der Waals surface area contributed by atoms with Crippen LogP contribution in [0.15, 0.2) is 29.4 Å². The minimum atomic E-state index is -4.85. The predicted octanol–water partition coefficient (Wildman–Crippen LogP) is 2.30. The maximum Gasteiger partial charge on any atom is 0.573 e. The topological polar surface area (TPSA) is 108 Å². The average Bonchev–Trinajstić information content (AvgIpc) is 2.36. The van der Waals surface area contributed by atoms with Gasteiger partial charge in [0.25, 0.3) is 0 Å². The molecule has 7 nitrogen and oxygen atoms in total. The van der Waals surface area contributed by atoms with Gasteiger partial charge in [-0.3, -0.25) is 10.2 Å². The van der Waals surface area contributed by atoms with E-state index in [4.69, 9.17) is 10.2 Å². The molecule has 1 rings (SSSR count). The predicted molar refractivity (Wildman–Crippen MR) is 68.7 cm³/mol. The molecule has 0 saturated carbocycles. The summed E-state index contributed by atoms with van der Waals surface area (Å²) < 4.78 is 39.9. The van der Waals surface area contributed by atoms with E-state index >= 15 is 0 Å². The summed E-state index contributed by atoms with van der Waals surface area (Å²) in [6, 6.07) is 4.61. The third-order valence-corrected chi connectivity index (χ3v) is 2.21. The van der Waals surface area contributed by atoms with Crippen molar-refractivity contribution in [1.82, 2.24) is 0 Å². The SMILES string of the molecule is O=C(O)CCC(=NNc1cccc(OC(F)(F)F)c1)C(=O)O. The van der Waals surface area contributed by atoms with Crippen molar-refractivity contribution in [1.29, 1.82) is 0 Å². The van der Waals surface area contributed by atoms with E-state index in [0.29, 0.717) is 0 Å². The molecule has 0 spiro atoms. The van der Waals surface area contributed by atoms with Crippen LogP contribution >= 0.6 is 0 Å². The third-order valence-electron chi connectivity index (χ3n) is 2.21. The number of carboxylic acids is 2. The molecule has 0 unspecified atom stereocenters. The van der Waals surface area contributed by atoms with Crippen LogP contribution in [0, 0.1) is 0 Å². The zero-order valence-electron chi connectivity index (χ0n) is 10.9. The van der Waals surface area contributed by atoms with Gasteiger partial charge >= 0.3 is 18.3 Å². The number of carbonyl (C=O) groups is 2. The van der Waals surface area contributed by atoms with Crippen molar-refractivity contribution < 1.29 is 37.7 Å². The average molecular weight is 320 g/mol. The maximum atomic E-state index is 12.1. The second-order valence-corrected chi connectivity index (χ2v) is 3.94. The molecule has 1 aromatic carbocycles. The molecule has 0 radical (unpaired) electrons. The molecule has 1 aromatic rings. The fourth-order valence-electron chi connectivity index (χ4n) is 1.33. The molecular formula is C12H11F3N2O5. The van der Waals surface area contributed by atoms with Crippen LogP contribution in [0.25, 0.3) is 0 Å². The first-order chi connectivity index (χ1) is 10.2. The summed E-state index contributed by atoms with van der Waals surface area (Å²) in [5, 5.41) is 20.8. The summed E-state index contributed by atoms with van der Waals surface area (Å²) in [5.41, 5.74) is 1.83. The molecule has 22 heavy (non-hydrogen) atoms. The first-order valence-electron chi connectivity index (χ1n) is 5.81. The zero-order valence-corrected chi connectivity index (χ0v) is 10.9. The van der Waals surface area contributed by atoms with E-state index in [0.717, 1.165) is 12.1 Å². The van der Waals surface area contributed by atoms with E-state index in [1.807, 2.05) is 0 Å². The Bertz CT molecular complexity index is 586. The van der Waals surface area contributed by atoms with Gasteiger partial charge in [-0.15, -0.1) is 13.2 Å². The third kappa shape index (κ3) is 6.59. The summed E-state index contributed by atoms with van der Waals surface area (Å²) in [5.74, 6) is -3.14. The summed E-state index contributed by atoms with van der Waals surface area (Å²) in [6.07, 6.45) is -5.63. The number of halogens is 3. The lowest BCUT2D eigenvalue weighted by molar-refractivity contribution is -0.274. The number of ether oxygens (including phenoxy) is 1. The summed E-state index contributed by atoms with van der Waals surface area (Å²) >= 11 is 0. The number of aliphatic carboxylic acids is 2. The number of rotatable bonds is 7. The second kappa shape index (κ2) is 7.29. The van der Waals surface area contributed by atoms with E-state index in [-0.39, 0.29) is 12.1 Å². The molecule has 0 fully saturated rings. The maximum absolute atomic E-state index is 12.1. The molecule has 0 aliphatic carbocycles. The Morgan fingerprint density at radius 3 is 2.45 bits per heavy atom.